The third kappa shape index (κ3) is 5.19. The number of rotatable bonds is 7. The quantitative estimate of drug-likeness (QED) is 0.411. The van der Waals surface area contributed by atoms with Crippen molar-refractivity contribution >= 4 is 11.7 Å². The lowest BCUT2D eigenvalue weighted by atomic mass is 9.95. The maximum Gasteiger partial charge on any atom is 0.261 e. The first-order valence-corrected chi connectivity index (χ1v) is 11.8. The lowest BCUT2D eigenvalue weighted by Gasteiger charge is -2.32. The Kier molecular flexibility index (Phi) is 6.88. The van der Waals surface area contributed by atoms with Crippen molar-refractivity contribution in [3.8, 4) is 28.6 Å². The van der Waals surface area contributed by atoms with Crippen molar-refractivity contribution in [2.45, 2.75) is 19.4 Å². The monoisotopic (exact) mass is 487 g/mol. The van der Waals surface area contributed by atoms with Gasteiger partial charge in [-0.15, -0.1) is 0 Å². The molecular weight excluding hydrogens is 461 g/mol. The second kappa shape index (κ2) is 10.6. The molecular formula is C27H26FN5O3. The van der Waals surface area contributed by atoms with Crippen LogP contribution in [-0.4, -0.2) is 41.2 Å². The van der Waals surface area contributed by atoms with Gasteiger partial charge in [0, 0.05) is 37.3 Å². The summed E-state index contributed by atoms with van der Waals surface area (Å²) in [6.45, 7) is 1.84. The molecule has 1 saturated heterocycles. The fourth-order valence-electron chi connectivity index (χ4n) is 4.32. The number of anilines is 1. The molecule has 1 fully saturated rings. The smallest absolute Gasteiger partial charge is 0.261 e. The molecule has 2 aromatic heterocycles. The number of aromatic nitrogens is 3. The Morgan fingerprint density at radius 1 is 1.14 bits per heavy atom. The second-order valence-electron chi connectivity index (χ2n) is 8.64. The average molecular weight is 488 g/mol. The van der Waals surface area contributed by atoms with Crippen LogP contribution in [0.1, 0.15) is 18.4 Å². The van der Waals surface area contributed by atoms with Crippen LogP contribution < -0.4 is 15.0 Å². The van der Waals surface area contributed by atoms with E-state index in [9.17, 15) is 9.18 Å². The molecule has 0 unspecified atom stereocenters. The standard InChI is InChI=1S/C27H26FN5O3/c1-35-22-9-7-18(8-10-22)17-30-26(34)19-11-14-33(15-12-19)25-23(6-3-13-29-25)27-31-24(32-36-27)20-4-2-5-21(28)16-20/h2-10,13,16,19H,11-12,14-15,17H2,1H3,(H,30,34). The molecule has 1 amide bonds. The number of nitrogens with zero attached hydrogens (tertiary/aromatic N) is 4. The van der Waals surface area contributed by atoms with Gasteiger partial charge in [0.15, 0.2) is 0 Å². The highest BCUT2D eigenvalue weighted by Gasteiger charge is 2.27. The number of benzene rings is 2. The van der Waals surface area contributed by atoms with Crippen LogP contribution >= 0.6 is 0 Å². The molecule has 9 heteroatoms. The number of carbonyl (C=O) groups is 1. The summed E-state index contributed by atoms with van der Waals surface area (Å²) in [6, 6.07) is 17.4. The van der Waals surface area contributed by atoms with Gasteiger partial charge in [0.2, 0.25) is 11.7 Å². The number of pyridine rings is 1. The number of carbonyl (C=O) groups excluding carboxylic acids is 1. The number of amides is 1. The van der Waals surface area contributed by atoms with E-state index in [0.717, 1.165) is 17.1 Å². The molecule has 0 radical (unpaired) electrons. The predicted molar refractivity (Wildman–Crippen MR) is 133 cm³/mol. The van der Waals surface area contributed by atoms with E-state index in [4.69, 9.17) is 9.26 Å². The van der Waals surface area contributed by atoms with Crippen LogP contribution in [0.15, 0.2) is 71.4 Å². The first-order chi connectivity index (χ1) is 17.6. The zero-order valence-electron chi connectivity index (χ0n) is 19.9. The number of hydrogen-bond donors (Lipinski definition) is 1. The highest BCUT2D eigenvalue weighted by atomic mass is 19.1. The van der Waals surface area contributed by atoms with Crippen LogP contribution in [0, 0.1) is 11.7 Å². The highest BCUT2D eigenvalue weighted by molar-refractivity contribution is 5.79. The Bertz CT molecular complexity index is 1330. The number of halogens is 1. The Balaban J connectivity index is 1.22. The van der Waals surface area contributed by atoms with Crippen molar-refractivity contribution in [2.75, 3.05) is 25.1 Å². The normalized spacial score (nSPS) is 14.0. The average Bonchev–Trinajstić information content (AvgIpc) is 3.42. The first-order valence-electron chi connectivity index (χ1n) is 11.8. The number of ether oxygens (including phenoxy) is 1. The summed E-state index contributed by atoms with van der Waals surface area (Å²) in [6.07, 6.45) is 3.14. The predicted octanol–water partition coefficient (Wildman–Crippen LogP) is 4.48. The molecule has 4 aromatic rings. The van der Waals surface area contributed by atoms with E-state index in [2.05, 4.69) is 25.3 Å². The van der Waals surface area contributed by atoms with Gasteiger partial charge in [-0.1, -0.05) is 29.4 Å². The lowest BCUT2D eigenvalue weighted by molar-refractivity contribution is -0.125. The Hall–Kier alpha value is -4.27. The van der Waals surface area contributed by atoms with E-state index in [1.54, 1.807) is 25.4 Å². The Labute approximate surface area is 208 Å². The minimum Gasteiger partial charge on any atom is -0.497 e. The second-order valence-corrected chi connectivity index (χ2v) is 8.64. The van der Waals surface area contributed by atoms with E-state index < -0.39 is 0 Å². The fourth-order valence-corrected chi connectivity index (χ4v) is 4.32. The SMILES string of the molecule is COc1ccc(CNC(=O)C2CCN(c3ncccc3-c3nc(-c4cccc(F)c4)no3)CC2)cc1. The number of hydrogen-bond acceptors (Lipinski definition) is 7. The van der Waals surface area contributed by atoms with Gasteiger partial charge in [-0.25, -0.2) is 9.37 Å². The summed E-state index contributed by atoms with van der Waals surface area (Å²) in [7, 11) is 1.63. The molecule has 5 rings (SSSR count). The number of nitrogens with one attached hydrogen (secondary N) is 1. The third-order valence-electron chi connectivity index (χ3n) is 6.32. The third-order valence-corrected chi connectivity index (χ3v) is 6.32. The largest absolute Gasteiger partial charge is 0.497 e. The van der Waals surface area contributed by atoms with Crippen molar-refractivity contribution in [1.29, 1.82) is 0 Å². The molecule has 1 aliphatic heterocycles. The molecule has 0 bridgehead atoms. The fraction of sp³-hybridized carbons (Fsp3) is 0.259. The van der Waals surface area contributed by atoms with Crippen LogP contribution in [0.2, 0.25) is 0 Å². The minimum absolute atomic E-state index is 0.0587. The molecule has 0 saturated carbocycles. The van der Waals surface area contributed by atoms with Crippen molar-refractivity contribution in [2.24, 2.45) is 5.92 Å². The van der Waals surface area contributed by atoms with Crippen molar-refractivity contribution in [3.05, 3.63) is 78.2 Å². The van der Waals surface area contributed by atoms with Gasteiger partial charge < -0.3 is 19.5 Å². The maximum absolute atomic E-state index is 13.6. The summed E-state index contributed by atoms with van der Waals surface area (Å²) in [4.78, 5) is 23.9. The van der Waals surface area contributed by atoms with Crippen LogP contribution in [0.3, 0.4) is 0 Å². The van der Waals surface area contributed by atoms with E-state index >= 15 is 0 Å². The Morgan fingerprint density at radius 3 is 2.69 bits per heavy atom. The number of piperidine rings is 1. The van der Waals surface area contributed by atoms with Crippen LogP contribution in [0.25, 0.3) is 22.8 Å². The van der Waals surface area contributed by atoms with E-state index in [1.807, 2.05) is 36.4 Å². The molecule has 2 aromatic carbocycles. The summed E-state index contributed by atoms with van der Waals surface area (Å²) in [5, 5.41) is 7.07. The summed E-state index contributed by atoms with van der Waals surface area (Å²) in [5.41, 5.74) is 2.27. The molecule has 36 heavy (non-hydrogen) atoms. The van der Waals surface area contributed by atoms with E-state index in [0.29, 0.717) is 55.3 Å². The van der Waals surface area contributed by atoms with Crippen LogP contribution in [0.5, 0.6) is 5.75 Å². The van der Waals surface area contributed by atoms with Gasteiger partial charge in [-0.05, 0) is 54.8 Å². The summed E-state index contributed by atoms with van der Waals surface area (Å²) < 4.78 is 24.3. The van der Waals surface area contributed by atoms with Gasteiger partial charge >= 0.3 is 0 Å². The van der Waals surface area contributed by atoms with Crippen molar-refractivity contribution < 1.29 is 18.4 Å². The number of methoxy groups -OCH3 is 1. The summed E-state index contributed by atoms with van der Waals surface area (Å²) >= 11 is 0. The lowest BCUT2D eigenvalue weighted by Crippen LogP contribution is -2.40. The highest BCUT2D eigenvalue weighted by Crippen LogP contribution is 2.32. The molecule has 1 aliphatic rings. The molecule has 0 atom stereocenters. The minimum atomic E-state index is -0.364. The summed E-state index contributed by atoms with van der Waals surface area (Å²) in [5.74, 6) is 1.78. The molecule has 184 valence electrons. The van der Waals surface area contributed by atoms with Gasteiger partial charge in [-0.2, -0.15) is 4.98 Å². The zero-order chi connectivity index (χ0) is 24.9. The van der Waals surface area contributed by atoms with E-state index in [1.165, 1.54) is 12.1 Å². The Morgan fingerprint density at radius 2 is 1.94 bits per heavy atom. The van der Waals surface area contributed by atoms with E-state index in [-0.39, 0.29) is 17.6 Å². The first kappa shape index (κ1) is 23.5. The molecule has 8 nitrogen and oxygen atoms in total. The van der Waals surface area contributed by atoms with Crippen LogP contribution in [-0.2, 0) is 11.3 Å². The van der Waals surface area contributed by atoms with Gasteiger partial charge in [0.25, 0.3) is 5.89 Å². The van der Waals surface area contributed by atoms with Crippen molar-refractivity contribution in [3.63, 3.8) is 0 Å². The van der Waals surface area contributed by atoms with Gasteiger partial charge in [0.1, 0.15) is 17.4 Å². The molecule has 0 spiro atoms. The topological polar surface area (TPSA) is 93.4 Å². The van der Waals surface area contributed by atoms with Crippen molar-refractivity contribution in [1.82, 2.24) is 20.4 Å². The maximum atomic E-state index is 13.6. The van der Waals surface area contributed by atoms with Gasteiger partial charge in [-0.3, -0.25) is 4.79 Å². The van der Waals surface area contributed by atoms with Gasteiger partial charge in [0.05, 0.1) is 12.7 Å². The molecule has 1 N–H and O–H groups in total. The molecule has 3 heterocycles. The molecule has 0 aliphatic carbocycles. The van der Waals surface area contributed by atoms with Crippen LogP contribution in [0.4, 0.5) is 10.2 Å². The zero-order valence-corrected chi connectivity index (χ0v) is 19.9.